The van der Waals surface area contributed by atoms with E-state index in [4.69, 9.17) is 17.3 Å². The van der Waals surface area contributed by atoms with Gasteiger partial charge >= 0.3 is 0 Å². The van der Waals surface area contributed by atoms with E-state index in [0.717, 1.165) is 17.5 Å². The third-order valence-corrected chi connectivity index (χ3v) is 3.77. The summed E-state index contributed by atoms with van der Waals surface area (Å²) in [5.74, 6) is -0.0973. The number of carbonyl (C=O) groups is 1. The fraction of sp³-hybridized carbons (Fsp3) is 0.235. The molecule has 1 unspecified atom stereocenters. The second-order valence-corrected chi connectivity index (χ2v) is 5.49. The Kier molecular flexibility index (Phi) is 4.86. The first kappa shape index (κ1) is 15.4. The lowest BCUT2D eigenvalue weighted by Crippen LogP contribution is -2.28. The lowest BCUT2D eigenvalue weighted by Gasteiger charge is -2.18. The van der Waals surface area contributed by atoms with Crippen molar-refractivity contribution in [2.24, 2.45) is 0 Å². The van der Waals surface area contributed by atoms with Gasteiger partial charge in [0.1, 0.15) is 0 Å². The predicted octanol–water partition coefficient (Wildman–Crippen LogP) is 4.11. The molecule has 21 heavy (non-hydrogen) atoms. The van der Waals surface area contributed by atoms with Crippen molar-refractivity contribution >= 4 is 23.2 Å². The number of hydrogen-bond donors (Lipinski definition) is 2. The highest BCUT2D eigenvalue weighted by molar-refractivity contribution is 6.30. The van der Waals surface area contributed by atoms with Crippen molar-refractivity contribution in [3.63, 3.8) is 0 Å². The van der Waals surface area contributed by atoms with E-state index in [1.807, 2.05) is 38.1 Å². The van der Waals surface area contributed by atoms with Crippen LogP contribution in [0.2, 0.25) is 5.02 Å². The van der Waals surface area contributed by atoms with E-state index >= 15 is 0 Å². The molecule has 0 aliphatic rings. The molecule has 0 saturated carbocycles. The third kappa shape index (κ3) is 3.76. The highest BCUT2D eigenvalue weighted by atomic mass is 35.5. The van der Waals surface area contributed by atoms with Gasteiger partial charge in [-0.2, -0.15) is 0 Å². The standard InChI is InChI=1S/C17H19ClN2O/c1-3-16(12-4-7-14(18)8-5-12)20-17(21)13-6-9-15(19)11(2)10-13/h4-10,16H,3,19H2,1-2H3,(H,20,21). The first-order valence-electron chi connectivity index (χ1n) is 6.93. The van der Waals surface area contributed by atoms with Gasteiger partial charge in [-0.05, 0) is 54.8 Å². The van der Waals surface area contributed by atoms with E-state index in [-0.39, 0.29) is 11.9 Å². The van der Waals surface area contributed by atoms with Crippen molar-refractivity contribution in [2.45, 2.75) is 26.3 Å². The number of hydrogen-bond acceptors (Lipinski definition) is 2. The molecule has 4 heteroatoms. The SMILES string of the molecule is CCC(NC(=O)c1ccc(N)c(C)c1)c1ccc(Cl)cc1. The number of rotatable bonds is 4. The Morgan fingerprint density at radius 1 is 1.24 bits per heavy atom. The Hall–Kier alpha value is -2.00. The Morgan fingerprint density at radius 2 is 1.90 bits per heavy atom. The van der Waals surface area contributed by atoms with E-state index in [9.17, 15) is 4.79 Å². The van der Waals surface area contributed by atoms with Crippen LogP contribution in [0.15, 0.2) is 42.5 Å². The quantitative estimate of drug-likeness (QED) is 0.835. The highest BCUT2D eigenvalue weighted by Gasteiger charge is 2.14. The van der Waals surface area contributed by atoms with Gasteiger partial charge in [-0.1, -0.05) is 30.7 Å². The van der Waals surface area contributed by atoms with Crippen LogP contribution in [0.5, 0.6) is 0 Å². The van der Waals surface area contributed by atoms with Gasteiger partial charge in [-0.3, -0.25) is 4.79 Å². The predicted molar refractivity (Wildman–Crippen MR) is 87.5 cm³/mol. The first-order valence-corrected chi connectivity index (χ1v) is 7.31. The molecule has 3 N–H and O–H groups in total. The Balaban J connectivity index is 2.15. The Labute approximate surface area is 130 Å². The molecule has 0 aromatic heterocycles. The number of nitrogens with one attached hydrogen (secondary N) is 1. The van der Waals surface area contributed by atoms with E-state index in [1.54, 1.807) is 18.2 Å². The summed E-state index contributed by atoms with van der Waals surface area (Å²) >= 11 is 5.89. The molecule has 2 aromatic carbocycles. The molecule has 3 nitrogen and oxygen atoms in total. The smallest absolute Gasteiger partial charge is 0.251 e. The molecule has 1 atom stereocenters. The molecule has 110 valence electrons. The maximum Gasteiger partial charge on any atom is 0.251 e. The molecule has 1 amide bonds. The number of anilines is 1. The van der Waals surface area contributed by atoms with Gasteiger partial charge in [-0.25, -0.2) is 0 Å². The Bertz CT molecular complexity index is 638. The van der Waals surface area contributed by atoms with Gasteiger partial charge in [0.25, 0.3) is 5.91 Å². The second kappa shape index (κ2) is 6.64. The van der Waals surface area contributed by atoms with Crippen molar-refractivity contribution in [3.8, 4) is 0 Å². The normalized spacial score (nSPS) is 12.0. The number of nitrogen functional groups attached to an aromatic ring is 1. The van der Waals surface area contributed by atoms with Gasteiger partial charge in [0, 0.05) is 16.3 Å². The minimum atomic E-state index is -0.0973. The van der Waals surface area contributed by atoms with Crippen LogP contribution in [0, 0.1) is 6.92 Å². The average molecular weight is 303 g/mol. The minimum Gasteiger partial charge on any atom is -0.399 e. The zero-order valence-electron chi connectivity index (χ0n) is 12.2. The summed E-state index contributed by atoms with van der Waals surface area (Å²) in [6.45, 7) is 3.93. The molecule has 2 aromatic rings. The van der Waals surface area contributed by atoms with E-state index in [2.05, 4.69) is 5.32 Å². The van der Waals surface area contributed by atoms with Crippen LogP contribution in [0.1, 0.15) is 40.9 Å². The topological polar surface area (TPSA) is 55.1 Å². The number of carbonyl (C=O) groups excluding carboxylic acids is 1. The van der Waals surface area contributed by atoms with Gasteiger partial charge in [0.2, 0.25) is 0 Å². The van der Waals surface area contributed by atoms with Crippen molar-refractivity contribution in [1.82, 2.24) is 5.32 Å². The molecule has 0 spiro atoms. The third-order valence-electron chi connectivity index (χ3n) is 3.52. The van der Waals surface area contributed by atoms with Gasteiger partial charge in [0.15, 0.2) is 0 Å². The molecule has 0 aliphatic heterocycles. The lowest BCUT2D eigenvalue weighted by molar-refractivity contribution is 0.0935. The highest BCUT2D eigenvalue weighted by Crippen LogP contribution is 2.20. The number of nitrogens with two attached hydrogens (primary N) is 1. The zero-order chi connectivity index (χ0) is 15.4. The summed E-state index contributed by atoms with van der Waals surface area (Å²) in [5, 5.41) is 3.73. The van der Waals surface area contributed by atoms with E-state index < -0.39 is 0 Å². The summed E-state index contributed by atoms with van der Waals surface area (Å²) in [5.41, 5.74) is 9.04. The van der Waals surface area contributed by atoms with Crippen LogP contribution in [-0.4, -0.2) is 5.91 Å². The van der Waals surface area contributed by atoms with Crippen LogP contribution in [-0.2, 0) is 0 Å². The molecule has 0 aliphatic carbocycles. The molecular formula is C17H19ClN2O. The fourth-order valence-electron chi connectivity index (χ4n) is 2.17. The van der Waals surface area contributed by atoms with Crippen LogP contribution in [0.25, 0.3) is 0 Å². The van der Waals surface area contributed by atoms with Crippen molar-refractivity contribution in [3.05, 3.63) is 64.2 Å². The van der Waals surface area contributed by atoms with E-state index in [1.165, 1.54) is 0 Å². The monoisotopic (exact) mass is 302 g/mol. The molecule has 0 radical (unpaired) electrons. The van der Waals surface area contributed by atoms with Crippen LogP contribution in [0.4, 0.5) is 5.69 Å². The van der Waals surface area contributed by atoms with Crippen LogP contribution < -0.4 is 11.1 Å². The summed E-state index contributed by atoms with van der Waals surface area (Å²) in [6, 6.07) is 12.8. The summed E-state index contributed by atoms with van der Waals surface area (Å²) < 4.78 is 0. The first-order chi connectivity index (χ1) is 10.0. The number of benzene rings is 2. The summed E-state index contributed by atoms with van der Waals surface area (Å²) in [4.78, 5) is 12.3. The second-order valence-electron chi connectivity index (χ2n) is 5.06. The molecule has 2 rings (SSSR count). The maximum atomic E-state index is 12.3. The number of halogens is 1. The fourth-order valence-corrected chi connectivity index (χ4v) is 2.30. The van der Waals surface area contributed by atoms with Gasteiger partial charge in [-0.15, -0.1) is 0 Å². The van der Waals surface area contributed by atoms with E-state index in [0.29, 0.717) is 16.3 Å². The number of amides is 1. The van der Waals surface area contributed by atoms with Crippen molar-refractivity contribution in [2.75, 3.05) is 5.73 Å². The summed E-state index contributed by atoms with van der Waals surface area (Å²) in [6.07, 6.45) is 0.807. The van der Waals surface area contributed by atoms with Crippen LogP contribution in [0.3, 0.4) is 0 Å². The van der Waals surface area contributed by atoms with Crippen LogP contribution >= 0.6 is 11.6 Å². The van der Waals surface area contributed by atoms with Gasteiger partial charge in [0.05, 0.1) is 6.04 Å². The molecule has 0 fully saturated rings. The zero-order valence-corrected chi connectivity index (χ0v) is 12.9. The number of aryl methyl sites for hydroxylation is 1. The molecule has 0 heterocycles. The largest absolute Gasteiger partial charge is 0.399 e. The summed E-state index contributed by atoms with van der Waals surface area (Å²) in [7, 11) is 0. The van der Waals surface area contributed by atoms with Gasteiger partial charge < -0.3 is 11.1 Å². The Morgan fingerprint density at radius 3 is 2.48 bits per heavy atom. The average Bonchev–Trinajstić information content (AvgIpc) is 2.48. The lowest BCUT2D eigenvalue weighted by atomic mass is 10.0. The maximum absolute atomic E-state index is 12.3. The molecule has 0 bridgehead atoms. The minimum absolute atomic E-state index is 0.0346. The van der Waals surface area contributed by atoms with Crippen molar-refractivity contribution in [1.29, 1.82) is 0 Å². The molecule has 0 saturated heterocycles. The molecular weight excluding hydrogens is 284 g/mol. The van der Waals surface area contributed by atoms with Crippen molar-refractivity contribution < 1.29 is 4.79 Å².